The first-order valence-electron chi connectivity index (χ1n) is 16.2. The SMILES string of the molecule is COCOC(C)(C)C/C=C/[C@@H](C)[C@H]1CC[C@H]2[C@@H]3CC=C4CC(O[Si](C)(C)C(C)(C)C)CC[C@]4(C)[C@H]3CC[C@]12C. The monoisotopic (exact) mass is 558 g/mol. The zero-order valence-corrected chi connectivity index (χ0v) is 28.5. The van der Waals surface area contributed by atoms with E-state index in [1.165, 1.54) is 51.4 Å². The Morgan fingerprint density at radius 2 is 1.74 bits per heavy atom. The van der Waals surface area contributed by atoms with Gasteiger partial charge < -0.3 is 13.9 Å². The third-order valence-electron chi connectivity index (χ3n) is 12.7. The van der Waals surface area contributed by atoms with Crippen LogP contribution < -0.4 is 0 Å². The van der Waals surface area contributed by atoms with Gasteiger partial charge in [-0.3, -0.25) is 0 Å². The first kappa shape index (κ1) is 31.5. The van der Waals surface area contributed by atoms with Crippen molar-refractivity contribution in [3.63, 3.8) is 0 Å². The third kappa shape index (κ3) is 6.20. The van der Waals surface area contributed by atoms with Gasteiger partial charge in [0.25, 0.3) is 0 Å². The molecule has 0 amide bonds. The standard InChI is InChI=1S/C35H62O3Si/c1-25(13-12-20-33(5,6)37-24-36-9)29-16-17-30-28-15-14-26-23-27(38-39(10,11)32(2,3)4)18-21-34(26,7)31(28)19-22-35(29,30)8/h12-14,25,27-31H,15-24H2,1-11H3/b13-12+/t25-,27?,28+,29-,30+,31+,34+,35-/m1/s1. The van der Waals surface area contributed by atoms with E-state index in [-0.39, 0.29) is 10.6 Å². The highest BCUT2D eigenvalue weighted by atomic mass is 28.4. The van der Waals surface area contributed by atoms with Gasteiger partial charge in [-0.05, 0) is 130 Å². The summed E-state index contributed by atoms with van der Waals surface area (Å²) in [5, 5.41) is 0.285. The molecule has 0 N–H and O–H groups in total. The van der Waals surface area contributed by atoms with Crippen LogP contribution >= 0.6 is 0 Å². The largest absolute Gasteiger partial charge is 0.414 e. The minimum atomic E-state index is -1.73. The predicted molar refractivity (Wildman–Crippen MR) is 167 cm³/mol. The molecular weight excluding hydrogens is 496 g/mol. The lowest BCUT2D eigenvalue weighted by Gasteiger charge is -2.59. The van der Waals surface area contributed by atoms with Crippen LogP contribution in [-0.4, -0.2) is 33.9 Å². The van der Waals surface area contributed by atoms with Crippen LogP contribution in [0.15, 0.2) is 23.8 Å². The summed E-state index contributed by atoms with van der Waals surface area (Å²) in [6.07, 6.45) is 19.7. The Bertz CT molecular complexity index is 913. The Labute approximate surface area is 243 Å². The molecule has 0 radical (unpaired) electrons. The van der Waals surface area contributed by atoms with Gasteiger partial charge in [0.15, 0.2) is 8.32 Å². The highest BCUT2D eigenvalue weighted by Gasteiger charge is 2.59. The average molecular weight is 559 g/mol. The average Bonchev–Trinajstić information content (AvgIpc) is 3.19. The molecule has 224 valence electrons. The second-order valence-electron chi connectivity index (χ2n) is 16.5. The van der Waals surface area contributed by atoms with Crippen molar-refractivity contribution >= 4 is 8.32 Å². The lowest BCUT2D eigenvalue weighted by molar-refractivity contribution is -0.112. The first-order valence-corrected chi connectivity index (χ1v) is 19.1. The minimum absolute atomic E-state index is 0.178. The van der Waals surface area contributed by atoms with Crippen LogP contribution in [0.2, 0.25) is 18.1 Å². The Morgan fingerprint density at radius 3 is 2.41 bits per heavy atom. The minimum Gasteiger partial charge on any atom is -0.414 e. The molecule has 4 aliphatic carbocycles. The molecule has 0 heterocycles. The number of ether oxygens (including phenoxy) is 2. The Hall–Kier alpha value is -0.423. The van der Waals surface area contributed by atoms with E-state index in [1.54, 1.807) is 12.7 Å². The van der Waals surface area contributed by atoms with Crippen molar-refractivity contribution in [1.82, 2.24) is 0 Å². The van der Waals surface area contributed by atoms with Gasteiger partial charge in [0.2, 0.25) is 0 Å². The molecule has 0 bridgehead atoms. The van der Waals surface area contributed by atoms with Crippen molar-refractivity contribution in [2.45, 2.75) is 143 Å². The maximum absolute atomic E-state index is 6.95. The van der Waals surface area contributed by atoms with Crippen molar-refractivity contribution in [1.29, 1.82) is 0 Å². The second kappa shape index (κ2) is 11.3. The fraction of sp³-hybridized carbons (Fsp3) is 0.886. The summed E-state index contributed by atoms with van der Waals surface area (Å²) in [6, 6.07) is 0. The van der Waals surface area contributed by atoms with E-state index in [0.717, 1.165) is 30.1 Å². The van der Waals surface area contributed by atoms with E-state index >= 15 is 0 Å². The summed E-state index contributed by atoms with van der Waals surface area (Å²) in [4.78, 5) is 0. The van der Waals surface area contributed by atoms with E-state index in [9.17, 15) is 0 Å². The van der Waals surface area contributed by atoms with Gasteiger partial charge in [0, 0.05) is 13.2 Å². The van der Waals surface area contributed by atoms with Crippen LogP contribution in [0.3, 0.4) is 0 Å². The zero-order chi connectivity index (χ0) is 28.9. The van der Waals surface area contributed by atoms with E-state index < -0.39 is 8.32 Å². The van der Waals surface area contributed by atoms with Crippen molar-refractivity contribution in [3.05, 3.63) is 23.8 Å². The second-order valence-corrected chi connectivity index (χ2v) is 21.3. The summed E-state index contributed by atoms with van der Waals surface area (Å²) in [6.45, 7) is 24.5. The van der Waals surface area contributed by atoms with Gasteiger partial charge in [-0.25, -0.2) is 0 Å². The lowest BCUT2D eigenvalue weighted by Crippen LogP contribution is -2.52. The zero-order valence-electron chi connectivity index (χ0n) is 27.5. The number of allylic oxidation sites excluding steroid dienone is 2. The molecule has 4 heteroatoms. The Morgan fingerprint density at radius 1 is 1.03 bits per heavy atom. The van der Waals surface area contributed by atoms with E-state index in [4.69, 9.17) is 13.9 Å². The van der Waals surface area contributed by atoms with Crippen LogP contribution in [0.5, 0.6) is 0 Å². The quantitative estimate of drug-likeness (QED) is 0.160. The molecule has 0 aromatic carbocycles. The van der Waals surface area contributed by atoms with Gasteiger partial charge in [-0.1, -0.05) is 65.3 Å². The van der Waals surface area contributed by atoms with Crippen LogP contribution in [-0.2, 0) is 13.9 Å². The van der Waals surface area contributed by atoms with E-state index in [0.29, 0.717) is 29.6 Å². The molecule has 0 spiro atoms. The molecule has 0 aromatic heterocycles. The van der Waals surface area contributed by atoms with Gasteiger partial charge in [0.1, 0.15) is 6.79 Å². The number of rotatable bonds is 9. The molecule has 3 fully saturated rings. The summed E-state index contributed by atoms with van der Waals surface area (Å²) in [7, 11) is -0.0324. The van der Waals surface area contributed by atoms with Crippen molar-refractivity contribution in [3.8, 4) is 0 Å². The maximum Gasteiger partial charge on any atom is 0.192 e. The molecule has 0 aliphatic heterocycles. The summed E-state index contributed by atoms with van der Waals surface area (Å²) in [5.74, 6) is 4.05. The van der Waals surface area contributed by atoms with Crippen molar-refractivity contribution in [2.24, 2.45) is 40.4 Å². The maximum atomic E-state index is 6.95. The number of methoxy groups -OCH3 is 1. The van der Waals surface area contributed by atoms with Gasteiger partial charge in [0.05, 0.1) is 5.60 Å². The van der Waals surface area contributed by atoms with Crippen molar-refractivity contribution in [2.75, 3.05) is 13.9 Å². The smallest absolute Gasteiger partial charge is 0.192 e. The van der Waals surface area contributed by atoms with Crippen LogP contribution in [0.1, 0.15) is 113 Å². The molecular formula is C35H62O3Si. The Balaban J connectivity index is 1.43. The molecule has 1 unspecified atom stereocenters. The van der Waals surface area contributed by atoms with Crippen LogP contribution in [0, 0.1) is 40.4 Å². The lowest BCUT2D eigenvalue weighted by atomic mass is 9.47. The van der Waals surface area contributed by atoms with Crippen LogP contribution in [0.25, 0.3) is 0 Å². The molecule has 0 aromatic rings. The fourth-order valence-corrected chi connectivity index (χ4v) is 10.6. The number of hydrogen-bond donors (Lipinski definition) is 0. The molecule has 0 saturated heterocycles. The summed E-state index contributed by atoms with van der Waals surface area (Å²) in [5.41, 5.74) is 2.46. The molecule has 4 rings (SSSR count). The Kier molecular flexibility index (Phi) is 9.16. The summed E-state index contributed by atoms with van der Waals surface area (Å²) >= 11 is 0. The highest BCUT2D eigenvalue weighted by Crippen LogP contribution is 2.67. The fourth-order valence-electron chi connectivity index (χ4n) is 9.20. The normalized spacial score (nSPS) is 38.2. The molecule has 3 nitrogen and oxygen atoms in total. The van der Waals surface area contributed by atoms with Gasteiger partial charge in [-0.2, -0.15) is 0 Å². The molecule has 3 saturated carbocycles. The molecule has 8 atom stereocenters. The van der Waals surface area contributed by atoms with E-state index in [1.807, 2.05) is 0 Å². The number of fused-ring (bicyclic) bond motifs is 5. The highest BCUT2D eigenvalue weighted by molar-refractivity contribution is 6.74. The predicted octanol–water partition coefficient (Wildman–Crippen LogP) is 9.94. The topological polar surface area (TPSA) is 27.7 Å². The molecule has 39 heavy (non-hydrogen) atoms. The molecule has 4 aliphatic rings. The van der Waals surface area contributed by atoms with Crippen LogP contribution in [0.4, 0.5) is 0 Å². The van der Waals surface area contributed by atoms with E-state index in [2.05, 4.69) is 86.7 Å². The number of hydrogen-bond acceptors (Lipinski definition) is 3. The first-order chi connectivity index (χ1) is 18.0. The summed E-state index contributed by atoms with van der Waals surface area (Å²) < 4.78 is 17.9. The van der Waals surface area contributed by atoms with Crippen molar-refractivity contribution < 1.29 is 13.9 Å². The van der Waals surface area contributed by atoms with Gasteiger partial charge >= 0.3 is 0 Å². The van der Waals surface area contributed by atoms with Gasteiger partial charge in [-0.15, -0.1) is 0 Å². The third-order valence-corrected chi connectivity index (χ3v) is 17.2.